The Morgan fingerprint density at radius 2 is 1.84 bits per heavy atom. The van der Waals surface area contributed by atoms with Gasteiger partial charge in [-0.25, -0.2) is 4.98 Å². The number of imidazole rings is 1. The molecule has 5 aromatic rings. The third-order valence-corrected chi connectivity index (χ3v) is 5.93. The Morgan fingerprint density at radius 3 is 2.54 bits per heavy atom. The Labute approximate surface area is 212 Å². The van der Waals surface area contributed by atoms with Crippen molar-refractivity contribution in [3.63, 3.8) is 0 Å². The van der Waals surface area contributed by atoms with Gasteiger partial charge in [-0.3, -0.25) is 24.2 Å². The molecule has 0 saturated carbocycles. The van der Waals surface area contributed by atoms with E-state index in [1.165, 1.54) is 4.68 Å². The van der Waals surface area contributed by atoms with E-state index in [2.05, 4.69) is 20.6 Å². The van der Waals surface area contributed by atoms with Crippen LogP contribution < -0.4 is 5.32 Å². The van der Waals surface area contributed by atoms with Crippen molar-refractivity contribution in [3.8, 4) is 16.8 Å². The van der Waals surface area contributed by atoms with E-state index in [-0.39, 0.29) is 24.3 Å². The van der Waals surface area contributed by atoms with Crippen LogP contribution in [0.3, 0.4) is 0 Å². The number of carbonyl (C=O) groups excluding carboxylic acids is 1. The first-order chi connectivity index (χ1) is 17.7. The number of aromatic nitrogens is 5. The minimum Gasteiger partial charge on any atom is -0.480 e. The number of hydrogen-bond acceptors (Lipinski definition) is 6. The lowest BCUT2D eigenvalue weighted by atomic mass is 9.92. The summed E-state index contributed by atoms with van der Waals surface area (Å²) in [6.07, 6.45) is 5.30. The average Bonchev–Trinajstić information content (AvgIpc) is 3.58. The summed E-state index contributed by atoms with van der Waals surface area (Å²) in [5.41, 5.74) is 5.84. The molecule has 0 aliphatic heterocycles. The van der Waals surface area contributed by atoms with Crippen LogP contribution in [0.15, 0.2) is 71.8 Å². The zero-order chi connectivity index (χ0) is 26.2. The highest BCUT2D eigenvalue weighted by Crippen LogP contribution is 2.26. The van der Waals surface area contributed by atoms with Gasteiger partial charge in [0.2, 0.25) is 11.8 Å². The van der Waals surface area contributed by atoms with Gasteiger partial charge in [0.1, 0.15) is 12.9 Å². The van der Waals surface area contributed by atoms with Crippen molar-refractivity contribution in [2.75, 3.05) is 5.32 Å². The fourth-order valence-corrected chi connectivity index (χ4v) is 3.96. The fourth-order valence-electron chi connectivity index (χ4n) is 3.96. The third-order valence-electron chi connectivity index (χ3n) is 5.93. The lowest BCUT2D eigenvalue weighted by Gasteiger charge is -2.12. The van der Waals surface area contributed by atoms with Gasteiger partial charge < -0.3 is 9.63 Å². The Morgan fingerprint density at radius 1 is 1.05 bits per heavy atom. The predicted molar refractivity (Wildman–Crippen MR) is 137 cm³/mol. The molecule has 10 heteroatoms. The first kappa shape index (κ1) is 24.0. The fraction of sp³-hybridized carbons (Fsp3) is 0.222. The molecule has 1 amide bonds. The summed E-state index contributed by atoms with van der Waals surface area (Å²) in [5, 5.41) is 19.8. The van der Waals surface area contributed by atoms with Crippen molar-refractivity contribution in [3.05, 3.63) is 78.5 Å². The molecule has 0 fully saturated rings. The average molecular weight is 499 g/mol. The van der Waals surface area contributed by atoms with Gasteiger partial charge >= 0.3 is 5.97 Å². The van der Waals surface area contributed by atoms with Gasteiger partial charge in [0, 0.05) is 28.9 Å². The standard InChI is InChI=1S/C27H26N6O4/c1-27(2,3)23-12-25(37-31-23)30-24(34)10-17-4-7-20(8-5-17)33-16-28-21-11-18(6-9-22(21)33)19-13-29-32(14-19)15-26(35)36/h4-9,11-14,16H,10,15H2,1-3H3,(H,30,34)(H,35,36). The Hall–Kier alpha value is -4.73. The van der Waals surface area contributed by atoms with E-state index in [0.29, 0.717) is 5.88 Å². The maximum atomic E-state index is 12.5. The zero-order valence-corrected chi connectivity index (χ0v) is 20.7. The van der Waals surface area contributed by atoms with Crippen LogP contribution in [0.4, 0.5) is 5.88 Å². The van der Waals surface area contributed by atoms with Crippen LogP contribution in [-0.2, 0) is 28.0 Å². The molecule has 2 N–H and O–H groups in total. The number of anilines is 1. The molecule has 2 aromatic carbocycles. The summed E-state index contributed by atoms with van der Waals surface area (Å²) in [6.45, 7) is 5.90. The number of benzene rings is 2. The lowest BCUT2D eigenvalue weighted by Crippen LogP contribution is -2.14. The van der Waals surface area contributed by atoms with Crippen LogP contribution in [-0.4, -0.2) is 41.5 Å². The number of nitrogens with one attached hydrogen (secondary N) is 1. The number of carboxylic acids is 1. The Balaban J connectivity index is 1.28. The summed E-state index contributed by atoms with van der Waals surface area (Å²) < 4.78 is 8.60. The largest absolute Gasteiger partial charge is 0.480 e. The van der Waals surface area contributed by atoms with Crippen LogP contribution in [0.2, 0.25) is 0 Å². The molecular weight excluding hydrogens is 472 g/mol. The molecule has 188 valence electrons. The summed E-state index contributed by atoms with van der Waals surface area (Å²) in [7, 11) is 0. The van der Waals surface area contributed by atoms with Crippen LogP contribution in [0, 0.1) is 0 Å². The Kier molecular flexibility index (Phi) is 6.08. The molecule has 37 heavy (non-hydrogen) atoms. The highest BCUT2D eigenvalue weighted by molar-refractivity contribution is 5.91. The quantitative estimate of drug-likeness (QED) is 0.339. The normalized spacial score (nSPS) is 11.6. The van der Waals surface area contributed by atoms with Crippen LogP contribution in [0.1, 0.15) is 32.0 Å². The molecule has 0 aliphatic carbocycles. The van der Waals surface area contributed by atoms with Gasteiger partial charge in [0.25, 0.3) is 0 Å². The first-order valence-corrected chi connectivity index (χ1v) is 11.7. The van der Waals surface area contributed by atoms with E-state index >= 15 is 0 Å². The van der Waals surface area contributed by atoms with Gasteiger partial charge in [-0.2, -0.15) is 5.10 Å². The molecule has 0 bridgehead atoms. The number of fused-ring (bicyclic) bond motifs is 1. The molecular formula is C27H26N6O4. The van der Waals surface area contributed by atoms with Crippen molar-refractivity contribution in [1.29, 1.82) is 0 Å². The minimum absolute atomic E-state index is 0.160. The Bertz CT molecular complexity index is 1590. The van der Waals surface area contributed by atoms with Crippen molar-refractivity contribution in [1.82, 2.24) is 24.5 Å². The van der Waals surface area contributed by atoms with Crippen LogP contribution >= 0.6 is 0 Å². The molecule has 0 unspecified atom stereocenters. The summed E-state index contributed by atoms with van der Waals surface area (Å²) in [4.78, 5) is 27.9. The van der Waals surface area contributed by atoms with E-state index in [1.54, 1.807) is 24.8 Å². The molecule has 0 saturated heterocycles. The van der Waals surface area contributed by atoms with Crippen LogP contribution in [0.25, 0.3) is 27.8 Å². The van der Waals surface area contributed by atoms with Crippen molar-refractivity contribution >= 4 is 28.8 Å². The topological polar surface area (TPSA) is 128 Å². The minimum atomic E-state index is -0.944. The zero-order valence-electron chi connectivity index (χ0n) is 20.7. The van der Waals surface area contributed by atoms with Gasteiger partial charge in [0.15, 0.2) is 0 Å². The predicted octanol–water partition coefficient (Wildman–Crippen LogP) is 4.44. The van der Waals surface area contributed by atoms with Gasteiger partial charge in [0.05, 0.1) is 29.3 Å². The number of rotatable bonds is 7. The van der Waals surface area contributed by atoms with E-state index < -0.39 is 5.97 Å². The number of hydrogen-bond donors (Lipinski definition) is 2. The van der Waals surface area contributed by atoms with Crippen molar-refractivity contribution < 1.29 is 19.2 Å². The second kappa shape index (κ2) is 9.38. The van der Waals surface area contributed by atoms with Crippen molar-refractivity contribution in [2.24, 2.45) is 0 Å². The highest BCUT2D eigenvalue weighted by Gasteiger charge is 2.19. The first-order valence-electron chi connectivity index (χ1n) is 11.7. The molecule has 10 nitrogen and oxygen atoms in total. The number of carboxylic acid groups (broad SMARTS) is 1. The SMILES string of the molecule is CC(C)(C)c1cc(NC(=O)Cc2ccc(-n3cnc4cc(-c5cnn(CC(=O)O)c5)ccc43)cc2)on1. The van der Waals surface area contributed by atoms with E-state index in [9.17, 15) is 9.59 Å². The van der Waals surface area contributed by atoms with Gasteiger partial charge in [-0.1, -0.05) is 44.1 Å². The summed E-state index contributed by atoms with van der Waals surface area (Å²) in [5.74, 6) is -0.790. The molecule has 0 atom stereocenters. The maximum absolute atomic E-state index is 12.5. The summed E-state index contributed by atoms with van der Waals surface area (Å²) >= 11 is 0. The number of nitrogens with zero attached hydrogens (tertiary/aromatic N) is 5. The monoisotopic (exact) mass is 498 g/mol. The molecule has 3 aromatic heterocycles. The summed E-state index contributed by atoms with van der Waals surface area (Å²) in [6, 6.07) is 15.3. The maximum Gasteiger partial charge on any atom is 0.325 e. The number of carbonyl (C=O) groups is 2. The lowest BCUT2D eigenvalue weighted by molar-refractivity contribution is -0.137. The molecule has 0 spiro atoms. The third kappa shape index (κ3) is 5.27. The van der Waals surface area contributed by atoms with Gasteiger partial charge in [-0.05, 0) is 35.4 Å². The van der Waals surface area contributed by atoms with Gasteiger partial charge in [-0.15, -0.1) is 0 Å². The van der Waals surface area contributed by atoms with E-state index in [4.69, 9.17) is 9.63 Å². The molecule has 0 aliphatic rings. The molecule has 3 heterocycles. The smallest absolute Gasteiger partial charge is 0.325 e. The van der Waals surface area contributed by atoms with Crippen molar-refractivity contribution in [2.45, 2.75) is 39.2 Å². The molecule has 5 rings (SSSR count). The van der Waals surface area contributed by atoms with E-state index in [1.807, 2.05) is 67.8 Å². The second-order valence-electron chi connectivity index (χ2n) is 9.86. The number of aliphatic carboxylic acids is 1. The molecule has 0 radical (unpaired) electrons. The van der Waals surface area contributed by atoms with Crippen LogP contribution in [0.5, 0.6) is 0 Å². The number of amides is 1. The second-order valence-corrected chi connectivity index (χ2v) is 9.86. The van der Waals surface area contributed by atoms with E-state index in [0.717, 1.165) is 39.1 Å². The highest BCUT2D eigenvalue weighted by atomic mass is 16.5.